The van der Waals surface area contributed by atoms with E-state index in [9.17, 15) is 17.6 Å². The molecule has 88 valence electrons. The van der Waals surface area contributed by atoms with Gasteiger partial charge in [0.2, 0.25) is 0 Å². The van der Waals surface area contributed by atoms with Gasteiger partial charge in [-0.05, 0) is 30.7 Å². The summed E-state index contributed by atoms with van der Waals surface area (Å²) in [5, 5.41) is 0. The van der Waals surface area contributed by atoms with Gasteiger partial charge < -0.3 is 5.73 Å². The maximum absolute atomic E-state index is 12.7. The SMILES string of the molecule is NCC/C=C/c1ccc(F)cc1C(F)(F)F. The molecule has 5 heteroatoms. The summed E-state index contributed by atoms with van der Waals surface area (Å²) < 4.78 is 50.3. The Morgan fingerprint density at radius 1 is 1.25 bits per heavy atom. The van der Waals surface area contributed by atoms with Gasteiger partial charge in [-0.2, -0.15) is 13.2 Å². The zero-order valence-electron chi connectivity index (χ0n) is 8.39. The van der Waals surface area contributed by atoms with E-state index in [1.54, 1.807) is 0 Å². The largest absolute Gasteiger partial charge is 0.417 e. The lowest BCUT2D eigenvalue weighted by Gasteiger charge is -2.10. The molecule has 0 aliphatic carbocycles. The number of halogens is 4. The van der Waals surface area contributed by atoms with Gasteiger partial charge in [-0.1, -0.05) is 18.2 Å². The summed E-state index contributed by atoms with van der Waals surface area (Å²) in [6, 6.07) is 2.59. The molecule has 0 aromatic heterocycles. The summed E-state index contributed by atoms with van der Waals surface area (Å²) in [7, 11) is 0. The summed E-state index contributed by atoms with van der Waals surface area (Å²) in [5.41, 5.74) is 4.18. The normalized spacial score (nSPS) is 12.3. The molecule has 0 aliphatic rings. The highest BCUT2D eigenvalue weighted by Gasteiger charge is 2.33. The zero-order valence-corrected chi connectivity index (χ0v) is 8.39. The second kappa shape index (κ2) is 5.12. The van der Waals surface area contributed by atoms with Crippen LogP contribution in [0.15, 0.2) is 24.3 Å². The molecule has 0 unspecified atom stereocenters. The molecule has 1 aromatic rings. The molecule has 0 radical (unpaired) electrons. The van der Waals surface area contributed by atoms with Crippen LogP contribution in [0, 0.1) is 5.82 Å². The minimum Gasteiger partial charge on any atom is -0.330 e. The number of alkyl halides is 3. The van der Waals surface area contributed by atoms with Gasteiger partial charge in [-0.15, -0.1) is 0 Å². The topological polar surface area (TPSA) is 26.0 Å². The van der Waals surface area contributed by atoms with E-state index in [2.05, 4.69) is 0 Å². The van der Waals surface area contributed by atoms with Gasteiger partial charge in [-0.3, -0.25) is 0 Å². The molecule has 0 aliphatic heterocycles. The van der Waals surface area contributed by atoms with Crippen LogP contribution in [0.3, 0.4) is 0 Å². The van der Waals surface area contributed by atoms with Gasteiger partial charge >= 0.3 is 6.18 Å². The first-order chi connectivity index (χ1) is 7.45. The third-order valence-electron chi connectivity index (χ3n) is 1.95. The first kappa shape index (κ1) is 12.7. The fraction of sp³-hybridized carbons (Fsp3) is 0.273. The predicted molar refractivity (Wildman–Crippen MR) is 54.1 cm³/mol. The number of hydrogen-bond acceptors (Lipinski definition) is 1. The molecule has 2 N–H and O–H groups in total. The number of benzene rings is 1. The molecular formula is C11H11F4N. The van der Waals surface area contributed by atoms with E-state index >= 15 is 0 Å². The van der Waals surface area contributed by atoms with E-state index in [0.717, 1.165) is 12.1 Å². The Morgan fingerprint density at radius 2 is 1.94 bits per heavy atom. The highest BCUT2D eigenvalue weighted by Crippen LogP contribution is 2.33. The lowest BCUT2D eigenvalue weighted by Crippen LogP contribution is -2.07. The van der Waals surface area contributed by atoms with Crippen molar-refractivity contribution in [3.05, 3.63) is 41.2 Å². The van der Waals surface area contributed by atoms with Gasteiger partial charge in [-0.25, -0.2) is 4.39 Å². The molecular weight excluding hydrogens is 222 g/mol. The lowest BCUT2D eigenvalue weighted by atomic mass is 10.1. The van der Waals surface area contributed by atoms with E-state index < -0.39 is 17.6 Å². The minimum atomic E-state index is -4.55. The lowest BCUT2D eigenvalue weighted by molar-refractivity contribution is -0.137. The van der Waals surface area contributed by atoms with Gasteiger partial charge in [0, 0.05) is 0 Å². The van der Waals surface area contributed by atoms with Crippen molar-refractivity contribution in [2.24, 2.45) is 5.73 Å². The fourth-order valence-corrected chi connectivity index (χ4v) is 1.23. The van der Waals surface area contributed by atoms with Crippen molar-refractivity contribution >= 4 is 6.08 Å². The van der Waals surface area contributed by atoms with Crippen LogP contribution in [0.2, 0.25) is 0 Å². The monoisotopic (exact) mass is 233 g/mol. The first-order valence-corrected chi connectivity index (χ1v) is 4.68. The Kier molecular flexibility index (Phi) is 4.06. The standard InChI is InChI=1S/C11H11F4N/c12-9-5-4-8(3-1-2-6-16)10(7-9)11(13,14)15/h1,3-5,7H,2,6,16H2/b3-1+. The van der Waals surface area contributed by atoms with Crippen LogP contribution in [0.1, 0.15) is 17.5 Å². The number of nitrogens with two attached hydrogens (primary N) is 1. The molecule has 1 nitrogen and oxygen atoms in total. The van der Waals surface area contributed by atoms with Crippen LogP contribution in [0.4, 0.5) is 17.6 Å². The van der Waals surface area contributed by atoms with E-state index in [4.69, 9.17) is 5.73 Å². The summed E-state index contributed by atoms with van der Waals surface area (Å²) in [5.74, 6) is -0.900. The van der Waals surface area contributed by atoms with Crippen LogP contribution in [-0.2, 0) is 6.18 Å². The van der Waals surface area contributed by atoms with Crippen LogP contribution >= 0.6 is 0 Å². The van der Waals surface area contributed by atoms with Gasteiger partial charge in [0.1, 0.15) is 5.82 Å². The van der Waals surface area contributed by atoms with E-state index in [0.29, 0.717) is 19.0 Å². The summed E-state index contributed by atoms with van der Waals surface area (Å²) in [4.78, 5) is 0. The smallest absolute Gasteiger partial charge is 0.330 e. The molecule has 16 heavy (non-hydrogen) atoms. The molecule has 1 aromatic carbocycles. The summed E-state index contributed by atoms with van der Waals surface area (Å²) in [6.07, 6.45) is -1.24. The van der Waals surface area contributed by atoms with Crippen LogP contribution in [-0.4, -0.2) is 6.54 Å². The van der Waals surface area contributed by atoms with Crippen molar-refractivity contribution in [3.63, 3.8) is 0 Å². The van der Waals surface area contributed by atoms with Gasteiger partial charge in [0.25, 0.3) is 0 Å². The number of hydrogen-bond donors (Lipinski definition) is 1. The summed E-state index contributed by atoms with van der Waals surface area (Å²) >= 11 is 0. The Labute approximate surface area is 90.6 Å². The molecule has 0 spiro atoms. The van der Waals surface area contributed by atoms with Crippen LogP contribution in [0.5, 0.6) is 0 Å². The maximum Gasteiger partial charge on any atom is 0.417 e. The van der Waals surface area contributed by atoms with Crippen molar-refractivity contribution < 1.29 is 17.6 Å². The first-order valence-electron chi connectivity index (χ1n) is 4.68. The highest BCUT2D eigenvalue weighted by molar-refractivity contribution is 5.54. The third-order valence-corrected chi connectivity index (χ3v) is 1.95. The van der Waals surface area contributed by atoms with Crippen molar-refractivity contribution in [2.45, 2.75) is 12.6 Å². The average molecular weight is 233 g/mol. The molecule has 0 fully saturated rings. The number of rotatable bonds is 3. The van der Waals surface area contributed by atoms with E-state index in [1.807, 2.05) is 0 Å². The second-order valence-corrected chi connectivity index (χ2v) is 3.21. The van der Waals surface area contributed by atoms with Crippen molar-refractivity contribution in [3.8, 4) is 0 Å². The van der Waals surface area contributed by atoms with Gasteiger partial charge in [0.05, 0.1) is 5.56 Å². The zero-order chi connectivity index (χ0) is 12.2. The quantitative estimate of drug-likeness (QED) is 0.797. The molecule has 0 bridgehead atoms. The summed E-state index contributed by atoms with van der Waals surface area (Å²) in [6.45, 7) is 0.360. The second-order valence-electron chi connectivity index (χ2n) is 3.21. The molecule has 0 saturated heterocycles. The Morgan fingerprint density at radius 3 is 2.50 bits per heavy atom. The molecule has 0 saturated carbocycles. The molecule has 0 atom stereocenters. The van der Waals surface area contributed by atoms with Gasteiger partial charge in [0.15, 0.2) is 0 Å². The Balaban J connectivity index is 3.08. The molecule has 0 amide bonds. The predicted octanol–water partition coefficient (Wildman–Crippen LogP) is 3.21. The van der Waals surface area contributed by atoms with Crippen molar-refractivity contribution in [2.75, 3.05) is 6.54 Å². The fourth-order valence-electron chi connectivity index (χ4n) is 1.23. The Hall–Kier alpha value is -1.36. The van der Waals surface area contributed by atoms with Crippen LogP contribution < -0.4 is 5.73 Å². The van der Waals surface area contributed by atoms with E-state index in [1.165, 1.54) is 12.2 Å². The average Bonchev–Trinajstić information content (AvgIpc) is 2.19. The van der Waals surface area contributed by atoms with E-state index in [-0.39, 0.29) is 5.56 Å². The molecule has 0 heterocycles. The Bertz CT molecular complexity index is 382. The minimum absolute atomic E-state index is 0.0534. The maximum atomic E-state index is 12.7. The van der Waals surface area contributed by atoms with Crippen molar-refractivity contribution in [1.29, 1.82) is 0 Å². The highest BCUT2D eigenvalue weighted by atomic mass is 19.4. The third kappa shape index (κ3) is 3.34. The van der Waals surface area contributed by atoms with Crippen molar-refractivity contribution in [1.82, 2.24) is 0 Å². The van der Waals surface area contributed by atoms with Crippen LogP contribution in [0.25, 0.3) is 6.08 Å². The molecule has 1 rings (SSSR count).